The third kappa shape index (κ3) is 2.74. The van der Waals surface area contributed by atoms with E-state index in [0.717, 1.165) is 5.69 Å². The average molecular weight is 310 g/mol. The van der Waals surface area contributed by atoms with Crippen molar-refractivity contribution in [2.45, 2.75) is 6.92 Å². The highest BCUT2D eigenvalue weighted by Gasteiger charge is 2.06. The van der Waals surface area contributed by atoms with Crippen LogP contribution in [0.3, 0.4) is 0 Å². The standard InChI is InChI=1S/C22H18N2/c1-17-8-13-21(24-15-5-14-23-24)16-22(17)20-11-9-19(10-12-20)18-6-3-2-4-7-18/h2-16H,1H3. The van der Waals surface area contributed by atoms with Gasteiger partial charge in [-0.2, -0.15) is 5.10 Å². The lowest BCUT2D eigenvalue weighted by atomic mass is 9.97. The minimum Gasteiger partial charge on any atom is -0.241 e. The SMILES string of the molecule is Cc1ccc(-n2cccn2)cc1-c1ccc(-c2ccccc2)cc1. The summed E-state index contributed by atoms with van der Waals surface area (Å²) in [6.07, 6.45) is 3.77. The third-order valence-corrected chi connectivity index (χ3v) is 4.29. The number of benzene rings is 3. The molecule has 0 radical (unpaired) electrons. The van der Waals surface area contributed by atoms with Gasteiger partial charge in [0.1, 0.15) is 0 Å². The Morgan fingerprint density at radius 2 is 1.42 bits per heavy atom. The molecule has 116 valence electrons. The molecule has 3 aromatic carbocycles. The minimum atomic E-state index is 1.08. The summed E-state index contributed by atoms with van der Waals surface area (Å²) in [5.74, 6) is 0. The average Bonchev–Trinajstić information content (AvgIpc) is 3.18. The molecule has 0 aliphatic carbocycles. The van der Waals surface area contributed by atoms with Crippen LogP contribution in [0.25, 0.3) is 27.9 Å². The van der Waals surface area contributed by atoms with Crippen LogP contribution in [0.15, 0.2) is 91.3 Å². The van der Waals surface area contributed by atoms with Crippen molar-refractivity contribution in [1.29, 1.82) is 0 Å². The molecule has 0 aliphatic heterocycles. The molecule has 2 heteroatoms. The normalized spacial score (nSPS) is 10.7. The Balaban J connectivity index is 1.72. The van der Waals surface area contributed by atoms with Gasteiger partial charge in [-0.25, -0.2) is 4.68 Å². The van der Waals surface area contributed by atoms with Gasteiger partial charge in [0, 0.05) is 12.4 Å². The van der Waals surface area contributed by atoms with Crippen molar-refractivity contribution in [2.24, 2.45) is 0 Å². The predicted molar refractivity (Wildman–Crippen MR) is 99.2 cm³/mol. The van der Waals surface area contributed by atoms with E-state index in [-0.39, 0.29) is 0 Å². The molecule has 0 bridgehead atoms. The van der Waals surface area contributed by atoms with Crippen molar-refractivity contribution in [2.75, 3.05) is 0 Å². The van der Waals surface area contributed by atoms with E-state index < -0.39 is 0 Å². The number of rotatable bonds is 3. The lowest BCUT2D eigenvalue weighted by molar-refractivity contribution is 0.880. The number of hydrogen-bond acceptors (Lipinski definition) is 1. The Hall–Kier alpha value is -3.13. The second-order valence-corrected chi connectivity index (χ2v) is 5.89. The van der Waals surface area contributed by atoms with E-state index in [1.165, 1.54) is 27.8 Å². The van der Waals surface area contributed by atoms with Crippen molar-refractivity contribution in [3.63, 3.8) is 0 Å². The monoisotopic (exact) mass is 310 g/mol. The molecule has 0 unspecified atom stereocenters. The van der Waals surface area contributed by atoms with Gasteiger partial charge >= 0.3 is 0 Å². The highest BCUT2D eigenvalue weighted by atomic mass is 15.3. The van der Waals surface area contributed by atoms with E-state index in [2.05, 4.69) is 78.8 Å². The Morgan fingerprint density at radius 1 is 0.708 bits per heavy atom. The molecule has 4 aromatic rings. The second-order valence-electron chi connectivity index (χ2n) is 5.89. The van der Waals surface area contributed by atoms with Crippen LogP contribution in [-0.4, -0.2) is 9.78 Å². The van der Waals surface area contributed by atoms with Gasteiger partial charge in [0.25, 0.3) is 0 Å². The van der Waals surface area contributed by atoms with Crippen LogP contribution in [-0.2, 0) is 0 Å². The van der Waals surface area contributed by atoms with Gasteiger partial charge in [-0.05, 0) is 52.9 Å². The fraction of sp³-hybridized carbons (Fsp3) is 0.0455. The first-order valence-electron chi connectivity index (χ1n) is 8.08. The number of aryl methyl sites for hydroxylation is 1. The zero-order chi connectivity index (χ0) is 16.4. The molecule has 0 N–H and O–H groups in total. The third-order valence-electron chi connectivity index (χ3n) is 4.29. The molecule has 0 aliphatic rings. The molecule has 1 heterocycles. The zero-order valence-electron chi connectivity index (χ0n) is 13.6. The van der Waals surface area contributed by atoms with Crippen LogP contribution in [0.5, 0.6) is 0 Å². The maximum absolute atomic E-state index is 4.32. The molecule has 0 spiro atoms. The molecule has 0 saturated heterocycles. The summed E-state index contributed by atoms with van der Waals surface area (Å²) in [4.78, 5) is 0. The molecule has 24 heavy (non-hydrogen) atoms. The van der Waals surface area contributed by atoms with Crippen molar-refractivity contribution >= 4 is 0 Å². The molecular weight excluding hydrogens is 292 g/mol. The smallest absolute Gasteiger partial charge is 0.0651 e. The first kappa shape index (κ1) is 14.5. The molecule has 0 saturated carbocycles. The number of nitrogens with zero attached hydrogens (tertiary/aromatic N) is 2. The van der Waals surface area contributed by atoms with Crippen LogP contribution in [0.4, 0.5) is 0 Å². The number of hydrogen-bond donors (Lipinski definition) is 0. The molecule has 4 rings (SSSR count). The van der Waals surface area contributed by atoms with Crippen LogP contribution in [0.1, 0.15) is 5.56 Å². The van der Waals surface area contributed by atoms with E-state index in [0.29, 0.717) is 0 Å². The van der Waals surface area contributed by atoms with Gasteiger partial charge in [0.15, 0.2) is 0 Å². The minimum absolute atomic E-state index is 1.08. The molecular formula is C22H18N2. The van der Waals surface area contributed by atoms with Gasteiger partial charge in [0.2, 0.25) is 0 Å². The Morgan fingerprint density at radius 3 is 2.12 bits per heavy atom. The van der Waals surface area contributed by atoms with Crippen molar-refractivity contribution in [3.8, 4) is 27.9 Å². The van der Waals surface area contributed by atoms with Crippen LogP contribution in [0.2, 0.25) is 0 Å². The lowest BCUT2D eigenvalue weighted by Gasteiger charge is -2.10. The second kappa shape index (κ2) is 6.17. The summed E-state index contributed by atoms with van der Waals surface area (Å²) in [7, 11) is 0. The van der Waals surface area contributed by atoms with Crippen LogP contribution in [0, 0.1) is 6.92 Å². The van der Waals surface area contributed by atoms with Crippen LogP contribution >= 0.6 is 0 Å². The topological polar surface area (TPSA) is 17.8 Å². The molecule has 1 aromatic heterocycles. The summed E-state index contributed by atoms with van der Waals surface area (Å²) in [5.41, 5.74) is 7.28. The first-order valence-corrected chi connectivity index (χ1v) is 8.08. The fourth-order valence-corrected chi connectivity index (χ4v) is 2.96. The molecule has 2 nitrogen and oxygen atoms in total. The summed E-state index contributed by atoms with van der Waals surface area (Å²) < 4.78 is 1.89. The van der Waals surface area contributed by atoms with E-state index in [9.17, 15) is 0 Å². The van der Waals surface area contributed by atoms with E-state index in [1.54, 1.807) is 6.20 Å². The first-order chi connectivity index (χ1) is 11.8. The van der Waals surface area contributed by atoms with Crippen molar-refractivity contribution in [3.05, 3.63) is 96.8 Å². The highest BCUT2D eigenvalue weighted by Crippen LogP contribution is 2.28. The van der Waals surface area contributed by atoms with Gasteiger partial charge < -0.3 is 0 Å². The molecule has 0 atom stereocenters. The summed E-state index contributed by atoms with van der Waals surface area (Å²) in [6.45, 7) is 2.15. The fourth-order valence-electron chi connectivity index (χ4n) is 2.96. The zero-order valence-corrected chi connectivity index (χ0v) is 13.6. The van der Waals surface area contributed by atoms with E-state index in [4.69, 9.17) is 0 Å². The Kier molecular flexibility index (Phi) is 3.72. The van der Waals surface area contributed by atoms with E-state index >= 15 is 0 Å². The van der Waals surface area contributed by atoms with Crippen molar-refractivity contribution < 1.29 is 0 Å². The maximum atomic E-state index is 4.32. The Bertz CT molecular complexity index is 937. The quantitative estimate of drug-likeness (QED) is 0.487. The van der Waals surface area contributed by atoms with Gasteiger partial charge in [-0.3, -0.25) is 0 Å². The van der Waals surface area contributed by atoms with Gasteiger partial charge in [-0.1, -0.05) is 60.7 Å². The highest BCUT2D eigenvalue weighted by molar-refractivity contribution is 5.73. The summed E-state index contributed by atoms with van der Waals surface area (Å²) in [6, 6.07) is 27.6. The largest absolute Gasteiger partial charge is 0.241 e. The predicted octanol–water partition coefficient (Wildman–Crippen LogP) is 5.51. The lowest BCUT2D eigenvalue weighted by Crippen LogP contribution is -1.95. The summed E-state index contributed by atoms with van der Waals surface area (Å²) in [5, 5.41) is 4.32. The molecule has 0 fully saturated rings. The molecule has 0 amide bonds. The number of aromatic nitrogens is 2. The maximum Gasteiger partial charge on any atom is 0.0651 e. The van der Waals surface area contributed by atoms with Gasteiger partial charge in [-0.15, -0.1) is 0 Å². The Labute approximate surface area is 142 Å². The van der Waals surface area contributed by atoms with E-state index in [1.807, 2.05) is 23.0 Å². The summed E-state index contributed by atoms with van der Waals surface area (Å²) >= 11 is 0. The van der Waals surface area contributed by atoms with Gasteiger partial charge in [0.05, 0.1) is 5.69 Å². The van der Waals surface area contributed by atoms with Crippen LogP contribution < -0.4 is 0 Å². The van der Waals surface area contributed by atoms with Crippen molar-refractivity contribution in [1.82, 2.24) is 9.78 Å².